The van der Waals surface area contributed by atoms with Crippen LogP contribution in [-0.2, 0) is 20.9 Å². The Balaban J connectivity index is 1.49. The van der Waals surface area contributed by atoms with E-state index in [1.165, 1.54) is 0 Å². The summed E-state index contributed by atoms with van der Waals surface area (Å²) < 4.78 is 5.12. The summed E-state index contributed by atoms with van der Waals surface area (Å²) in [4.78, 5) is 52.0. The molecule has 0 fully saturated rings. The molecular weight excluding hydrogens is 396 g/mol. The van der Waals surface area contributed by atoms with Crippen LogP contribution in [-0.4, -0.2) is 53.2 Å². The minimum atomic E-state index is -0.628. The Morgan fingerprint density at radius 2 is 1.58 bits per heavy atom. The normalized spacial score (nSPS) is 12.6. The second-order valence-corrected chi connectivity index (χ2v) is 7.52. The smallest absolute Gasteiger partial charge is 0.308 e. The van der Waals surface area contributed by atoms with Crippen LogP contribution in [0.4, 0.5) is 0 Å². The molecule has 0 bridgehead atoms. The maximum atomic E-state index is 12.6. The number of carbonyl (C=O) groups is 4. The Hall–Kier alpha value is -3.48. The molecule has 0 atom stereocenters. The summed E-state index contributed by atoms with van der Waals surface area (Å²) >= 11 is 0. The number of fused-ring (bicyclic) bond motifs is 1. The van der Waals surface area contributed by atoms with Crippen LogP contribution in [0.3, 0.4) is 0 Å². The Morgan fingerprint density at radius 1 is 0.968 bits per heavy atom. The lowest BCUT2D eigenvalue weighted by molar-refractivity contribution is -0.152. The second kappa shape index (κ2) is 10.0. The zero-order valence-corrected chi connectivity index (χ0v) is 17.8. The van der Waals surface area contributed by atoms with Crippen LogP contribution in [0.25, 0.3) is 0 Å². The summed E-state index contributed by atoms with van der Waals surface area (Å²) in [5.41, 5.74) is 2.82. The summed E-state index contributed by atoms with van der Waals surface area (Å²) in [7, 11) is 0. The molecule has 7 nitrogen and oxygen atoms in total. The summed E-state index contributed by atoms with van der Waals surface area (Å²) in [5, 5.41) is 0. The zero-order valence-electron chi connectivity index (χ0n) is 17.8. The minimum absolute atomic E-state index is 0.0819. The lowest BCUT2D eigenvalue weighted by Crippen LogP contribution is -2.36. The summed E-state index contributed by atoms with van der Waals surface area (Å²) in [6.07, 6.45) is 0.621. The second-order valence-electron chi connectivity index (χ2n) is 7.52. The first kappa shape index (κ1) is 22.2. The van der Waals surface area contributed by atoms with E-state index in [1.807, 2.05) is 38.1 Å². The van der Waals surface area contributed by atoms with Crippen LogP contribution in [0.1, 0.15) is 51.6 Å². The van der Waals surface area contributed by atoms with E-state index in [2.05, 4.69) is 0 Å². The van der Waals surface area contributed by atoms with Gasteiger partial charge in [-0.25, -0.2) is 0 Å². The Morgan fingerprint density at radius 3 is 2.16 bits per heavy atom. The molecule has 2 aromatic rings. The highest BCUT2D eigenvalue weighted by Crippen LogP contribution is 2.22. The largest absolute Gasteiger partial charge is 0.456 e. The van der Waals surface area contributed by atoms with Gasteiger partial charge in [-0.1, -0.05) is 48.9 Å². The quantitative estimate of drug-likeness (QED) is 0.458. The van der Waals surface area contributed by atoms with Crippen LogP contribution in [0, 0.1) is 6.92 Å². The molecule has 3 amide bonds. The van der Waals surface area contributed by atoms with Gasteiger partial charge >= 0.3 is 5.97 Å². The summed E-state index contributed by atoms with van der Waals surface area (Å²) in [5.74, 6) is -1.75. The van der Waals surface area contributed by atoms with Crippen LogP contribution >= 0.6 is 0 Å². The Kier molecular flexibility index (Phi) is 7.18. The molecule has 0 saturated heterocycles. The van der Waals surface area contributed by atoms with Crippen molar-refractivity contribution in [1.82, 2.24) is 9.80 Å². The Bertz CT molecular complexity index is 949. The van der Waals surface area contributed by atoms with E-state index in [0.29, 0.717) is 24.2 Å². The van der Waals surface area contributed by atoms with Gasteiger partial charge in [-0.3, -0.25) is 24.1 Å². The van der Waals surface area contributed by atoms with Gasteiger partial charge in [0, 0.05) is 19.6 Å². The average molecular weight is 422 g/mol. The molecule has 31 heavy (non-hydrogen) atoms. The third-order valence-corrected chi connectivity index (χ3v) is 5.11. The van der Waals surface area contributed by atoms with Crippen molar-refractivity contribution in [3.05, 3.63) is 70.8 Å². The molecule has 1 heterocycles. The molecule has 0 unspecified atom stereocenters. The number of amides is 3. The number of imide groups is 1. The third kappa shape index (κ3) is 5.36. The molecule has 162 valence electrons. The fourth-order valence-corrected chi connectivity index (χ4v) is 3.43. The number of nitrogens with zero attached hydrogens (tertiary/aromatic N) is 2. The van der Waals surface area contributed by atoms with Crippen molar-refractivity contribution in [2.45, 2.75) is 33.2 Å². The van der Waals surface area contributed by atoms with Crippen molar-refractivity contribution in [2.75, 3.05) is 19.7 Å². The number of hydrogen-bond donors (Lipinski definition) is 0. The van der Waals surface area contributed by atoms with Gasteiger partial charge in [0.15, 0.2) is 6.61 Å². The van der Waals surface area contributed by atoms with Crippen LogP contribution in [0.5, 0.6) is 0 Å². The van der Waals surface area contributed by atoms with Gasteiger partial charge in [-0.15, -0.1) is 0 Å². The van der Waals surface area contributed by atoms with E-state index in [4.69, 9.17) is 4.74 Å². The number of ether oxygens (including phenoxy) is 1. The molecule has 0 radical (unpaired) electrons. The highest BCUT2D eigenvalue weighted by atomic mass is 16.5. The molecule has 0 N–H and O–H groups in total. The summed E-state index contributed by atoms with van der Waals surface area (Å²) in [6, 6.07) is 14.5. The molecule has 2 aromatic carbocycles. The number of hydrogen-bond acceptors (Lipinski definition) is 5. The van der Waals surface area contributed by atoms with E-state index in [1.54, 1.807) is 29.2 Å². The fraction of sp³-hybridized carbons (Fsp3) is 0.333. The number of carbonyl (C=O) groups excluding carboxylic acids is 4. The van der Waals surface area contributed by atoms with E-state index >= 15 is 0 Å². The first-order chi connectivity index (χ1) is 14.9. The van der Waals surface area contributed by atoms with Gasteiger partial charge in [0.05, 0.1) is 17.5 Å². The van der Waals surface area contributed by atoms with Gasteiger partial charge in [-0.05, 0) is 31.0 Å². The first-order valence-electron chi connectivity index (χ1n) is 10.3. The van der Waals surface area contributed by atoms with Crippen molar-refractivity contribution < 1.29 is 23.9 Å². The lowest BCUT2D eigenvalue weighted by atomic mass is 10.1. The standard InChI is InChI=1S/C24H26N2O5/c1-3-13-25(15-18-10-8-17(2)9-11-18)21(27)16-31-22(28)12-14-26-23(29)19-6-4-5-7-20(19)24(26)30/h4-11H,3,12-16H2,1-2H3. The zero-order chi connectivity index (χ0) is 22.4. The molecule has 1 aliphatic heterocycles. The van der Waals surface area contributed by atoms with Gasteiger partial charge in [0.1, 0.15) is 0 Å². The molecule has 0 spiro atoms. The van der Waals surface area contributed by atoms with Gasteiger partial charge in [0.2, 0.25) is 0 Å². The van der Waals surface area contributed by atoms with Gasteiger partial charge < -0.3 is 9.64 Å². The first-order valence-corrected chi connectivity index (χ1v) is 10.3. The van der Waals surface area contributed by atoms with Gasteiger partial charge in [0.25, 0.3) is 17.7 Å². The molecule has 0 aliphatic carbocycles. The lowest BCUT2D eigenvalue weighted by Gasteiger charge is -2.22. The van der Waals surface area contributed by atoms with Crippen molar-refractivity contribution in [3.8, 4) is 0 Å². The third-order valence-electron chi connectivity index (χ3n) is 5.11. The molecule has 3 rings (SSSR count). The van der Waals surface area contributed by atoms with E-state index in [0.717, 1.165) is 22.4 Å². The van der Waals surface area contributed by atoms with Crippen molar-refractivity contribution >= 4 is 23.7 Å². The minimum Gasteiger partial charge on any atom is -0.456 e. The number of esters is 1. The predicted octanol–water partition coefficient (Wildman–Crippen LogP) is 2.96. The van der Waals surface area contributed by atoms with Crippen molar-refractivity contribution in [3.63, 3.8) is 0 Å². The fourth-order valence-electron chi connectivity index (χ4n) is 3.43. The molecule has 0 aromatic heterocycles. The number of aryl methyl sites for hydroxylation is 1. The molecule has 0 saturated carbocycles. The molecule has 7 heteroatoms. The van der Waals surface area contributed by atoms with Crippen molar-refractivity contribution in [2.24, 2.45) is 0 Å². The highest BCUT2D eigenvalue weighted by Gasteiger charge is 2.35. The number of benzene rings is 2. The van der Waals surface area contributed by atoms with Crippen LogP contribution < -0.4 is 0 Å². The van der Waals surface area contributed by atoms with Crippen molar-refractivity contribution in [1.29, 1.82) is 0 Å². The average Bonchev–Trinajstić information content (AvgIpc) is 3.01. The maximum absolute atomic E-state index is 12.6. The van der Waals surface area contributed by atoms with E-state index in [-0.39, 0.29) is 25.5 Å². The van der Waals surface area contributed by atoms with Gasteiger partial charge in [-0.2, -0.15) is 0 Å². The maximum Gasteiger partial charge on any atom is 0.308 e. The molecular formula is C24H26N2O5. The van der Waals surface area contributed by atoms with E-state index in [9.17, 15) is 19.2 Å². The van der Waals surface area contributed by atoms with E-state index < -0.39 is 17.8 Å². The summed E-state index contributed by atoms with van der Waals surface area (Å²) in [6.45, 7) is 4.52. The molecule has 1 aliphatic rings. The Labute approximate surface area is 181 Å². The topological polar surface area (TPSA) is 84.0 Å². The monoisotopic (exact) mass is 422 g/mol. The number of rotatable bonds is 9. The van der Waals surface area contributed by atoms with Crippen LogP contribution in [0.2, 0.25) is 0 Å². The SMILES string of the molecule is CCCN(Cc1ccc(C)cc1)C(=O)COC(=O)CCN1C(=O)c2ccccc2C1=O. The van der Waals surface area contributed by atoms with Crippen LogP contribution in [0.15, 0.2) is 48.5 Å². The highest BCUT2D eigenvalue weighted by molar-refractivity contribution is 6.21. The predicted molar refractivity (Wildman–Crippen MR) is 114 cm³/mol.